The maximum absolute atomic E-state index is 13.2. The lowest BCUT2D eigenvalue weighted by Crippen LogP contribution is -2.24. The van der Waals surface area contributed by atoms with E-state index in [-0.39, 0.29) is 17.4 Å². The van der Waals surface area contributed by atoms with Crippen molar-refractivity contribution < 1.29 is 13.6 Å². The van der Waals surface area contributed by atoms with Gasteiger partial charge in [0, 0.05) is 17.9 Å². The monoisotopic (exact) mass is 414 g/mol. The Kier molecular flexibility index (Phi) is 4.77. The van der Waals surface area contributed by atoms with Crippen LogP contribution in [0, 0.1) is 11.6 Å². The maximum atomic E-state index is 13.2. The fourth-order valence-corrected chi connectivity index (χ4v) is 2.72. The van der Waals surface area contributed by atoms with E-state index < -0.39 is 17.5 Å². The van der Waals surface area contributed by atoms with E-state index in [1.165, 1.54) is 10.6 Å². The van der Waals surface area contributed by atoms with Crippen molar-refractivity contribution in [1.29, 1.82) is 0 Å². The summed E-state index contributed by atoms with van der Waals surface area (Å²) in [4.78, 5) is 16.5. The summed E-state index contributed by atoms with van der Waals surface area (Å²) in [5.74, 6) is -2.34. The number of halogens is 4. The first-order valence-corrected chi connectivity index (χ1v) is 8.31. The third-order valence-electron chi connectivity index (χ3n) is 3.28. The van der Waals surface area contributed by atoms with Crippen LogP contribution in [0.4, 0.5) is 8.78 Å². The molecule has 24 heavy (non-hydrogen) atoms. The zero-order chi connectivity index (χ0) is 17.3. The number of carbonyl (C=O) groups is 1. The van der Waals surface area contributed by atoms with Gasteiger partial charge in [-0.1, -0.05) is 33.6 Å². The summed E-state index contributed by atoms with van der Waals surface area (Å²) >= 11 is 9.18. The summed E-state index contributed by atoms with van der Waals surface area (Å²) < 4.78 is 27.6. The molecule has 2 aromatic heterocycles. The number of hydrogen-bond donors (Lipinski definition) is 1. The Bertz CT molecular complexity index is 931. The second-order valence-electron chi connectivity index (χ2n) is 4.93. The van der Waals surface area contributed by atoms with Crippen LogP contribution in [0.5, 0.6) is 0 Å². The lowest BCUT2D eigenvalue weighted by Gasteiger charge is -2.07. The summed E-state index contributed by atoms with van der Waals surface area (Å²) in [5.41, 5.74) is 1.76. The van der Waals surface area contributed by atoms with Crippen molar-refractivity contribution >= 4 is 39.1 Å². The number of nitrogens with zero attached hydrogens (tertiary/aromatic N) is 3. The van der Waals surface area contributed by atoms with Crippen LogP contribution in [0.15, 0.2) is 30.3 Å². The molecule has 1 aromatic carbocycles. The van der Waals surface area contributed by atoms with E-state index in [1.807, 2.05) is 0 Å². The molecule has 3 rings (SSSR count). The number of amides is 1. The molecule has 3 aromatic rings. The number of nitrogens with one attached hydrogen (secondary N) is 1. The van der Waals surface area contributed by atoms with E-state index in [0.717, 1.165) is 12.1 Å². The number of fused-ring (bicyclic) bond motifs is 1. The quantitative estimate of drug-likeness (QED) is 0.664. The zero-order valence-corrected chi connectivity index (χ0v) is 14.4. The topological polar surface area (TPSA) is 59.3 Å². The fourth-order valence-electron chi connectivity index (χ4n) is 2.14. The predicted octanol–water partition coefficient (Wildman–Crippen LogP) is 3.49. The van der Waals surface area contributed by atoms with Crippen molar-refractivity contribution in [2.75, 3.05) is 0 Å². The van der Waals surface area contributed by atoms with Gasteiger partial charge in [0.05, 0.1) is 5.69 Å². The number of carbonyl (C=O) groups excluding carboxylic acids is 1. The van der Waals surface area contributed by atoms with Gasteiger partial charge in [0.1, 0.15) is 5.69 Å². The molecule has 0 aliphatic heterocycles. The minimum Gasteiger partial charge on any atom is -0.347 e. The number of alkyl halides is 1. The van der Waals surface area contributed by atoms with Crippen molar-refractivity contribution in [3.63, 3.8) is 0 Å². The van der Waals surface area contributed by atoms with Gasteiger partial charge in [0.15, 0.2) is 22.4 Å². The number of rotatable bonds is 4. The van der Waals surface area contributed by atoms with Crippen LogP contribution >= 0.6 is 27.5 Å². The smallest absolute Gasteiger partial charge is 0.270 e. The predicted molar refractivity (Wildman–Crippen MR) is 88.2 cm³/mol. The van der Waals surface area contributed by atoms with Gasteiger partial charge in [-0.05, 0) is 23.8 Å². The second-order valence-corrected chi connectivity index (χ2v) is 5.88. The standard InChI is InChI=1S/C15H10BrClF2N4O/c16-6-9-4-12(21-14-5-13(17)22-23(9)14)15(24)20-7-8-1-2-10(18)11(19)3-8/h1-5H,6-7H2,(H,20,24). The van der Waals surface area contributed by atoms with Crippen LogP contribution in [0.2, 0.25) is 5.15 Å². The lowest BCUT2D eigenvalue weighted by atomic mass is 10.2. The van der Waals surface area contributed by atoms with Crippen LogP contribution in [-0.2, 0) is 11.9 Å². The molecule has 0 aliphatic rings. The minimum absolute atomic E-state index is 0.0482. The first-order chi connectivity index (χ1) is 11.5. The van der Waals surface area contributed by atoms with Gasteiger partial charge in [0.2, 0.25) is 0 Å². The first-order valence-electron chi connectivity index (χ1n) is 6.81. The van der Waals surface area contributed by atoms with Crippen LogP contribution in [0.25, 0.3) is 5.65 Å². The molecule has 124 valence electrons. The SMILES string of the molecule is O=C(NCc1ccc(F)c(F)c1)c1cc(CBr)n2nc(Cl)cc2n1. The largest absolute Gasteiger partial charge is 0.347 e. The van der Waals surface area contributed by atoms with Crippen LogP contribution in [0.1, 0.15) is 21.7 Å². The summed E-state index contributed by atoms with van der Waals surface area (Å²) in [6, 6.07) is 6.56. The molecule has 0 bridgehead atoms. The number of hydrogen-bond acceptors (Lipinski definition) is 3. The van der Waals surface area contributed by atoms with Crippen molar-refractivity contribution in [3.8, 4) is 0 Å². The molecular weight excluding hydrogens is 406 g/mol. The summed E-state index contributed by atoms with van der Waals surface area (Å²) in [6.07, 6.45) is 0. The Balaban J connectivity index is 1.81. The Hall–Kier alpha value is -2.06. The normalized spacial score (nSPS) is 11.0. The van der Waals surface area contributed by atoms with E-state index in [2.05, 4.69) is 31.3 Å². The molecular formula is C15H10BrClF2N4O. The number of aromatic nitrogens is 3. The van der Waals surface area contributed by atoms with Gasteiger partial charge in [-0.15, -0.1) is 0 Å². The van der Waals surface area contributed by atoms with Gasteiger partial charge < -0.3 is 5.32 Å². The Morgan fingerprint density at radius 1 is 1.25 bits per heavy atom. The molecule has 0 unspecified atom stereocenters. The summed E-state index contributed by atoms with van der Waals surface area (Å²) in [7, 11) is 0. The molecule has 1 amide bonds. The Labute approximate surface area is 148 Å². The molecule has 0 atom stereocenters. The van der Waals surface area contributed by atoms with Crippen LogP contribution < -0.4 is 5.32 Å². The minimum atomic E-state index is -0.961. The van der Waals surface area contributed by atoms with Gasteiger partial charge >= 0.3 is 0 Å². The van der Waals surface area contributed by atoms with Crippen molar-refractivity contribution in [2.24, 2.45) is 0 Å². The van der Waals surface area contributed by atoms with Crippen molar-refractivity contribution in [2.45, 2.75) is 11.9 Å². The average molecular weight is 416 g/mol. The maximum Gasteiger partial charge on any atom is 0.270 e. The average Bonchev–Trinajstić information content (AvgIpc) is 2.94. The zero-order valence-electron chi connectivity index (χ0n) is 12.1. The van der Waals surface area contributed by atoms with Gasteiger partial charge in [-0.2, -0.15) is 5.10 Å². The van der Waals surface area contributed by atoms with E-state index in [0.29, 0.717) is 22.2 Å². The fraction of sp³-hybridized carbons (Fsp3) is 0.133. The first kappa shape index (κ1) is 16.8. The van der Waals surface area contributed by atoms with Gasteiger partial charge in [-0.25, -0.2) is 18.3 Å². The molecule has 2 heterocycles. The van der Waals surface area contributed by atoms with Crippen LogP contribution in [0.3, 0.4) is 0 Å². The van der Waals surface area contributed by atoms with E-state index in [9.17, 15) is 13.6 Å². The molecule has 0 saturated heterocycles. The van der Waals surface area contributed by atoms with Gasteiger partial charge in [0.25, 0.3) is 5.91 Å². The molecule has 9 heteroatoms. The summed E-state index contributed by atoms with van der Waals surface area (Å²) in [5, 5.41) is 7.41. The third-order valence-corrected chi connectivity index (χ3v) is 4.04. The highest BCUT2D eigenvalue weighted by Crippen LogP contribution is 2.15. The second kappa shape index (κ2) is 6.82. The number of benzene rings is 1. The molecule has 5 nitrogen and oxygen atoms in total. The van der Waals surface area contributed by atoms with E-state index >= 15 is 0 Å². The van der Waals surface area contributed by atoms with E-state index in [4.69, 9.17) is 11.6 Å². The molecule has 1 N–H and O–H groups in total. The highest BCUT2D eigenvalue weighted by atomic mass is 79.9. The molecule has 0 saturated carbocycles. The Morgan fingerprint density at radius 3 is 2.75 bits per heavy atom. The molecule has 0 radical (unpaired) electrons. The summed E-state index contributed by atoms with van der Waals surface area (Å²) in [6.45, 7) is 0.0482. The van der Waals surface area contributed by atoms with Crippen molar-refractivity contribution in [1.82, 2.24) is 19.9 Å². The molecule has 0 spiro atoms. The molecule has 0 fully saturated rings. The highest BCUT2D eigenvalue weighted by molar-refractivity contribution is 9.08. The lowest BCUT2D eigenvalue weighted by molar-refractivity contribution is 0.0946. The van der Waals surface area contributed by atoms with Crippen LogP contribution in [-0.4, -0.2) is 20.5 Å². The van der Waals surface area contributed by atoms with E-state index in [1.54, 1.807) is 12.1 Å². The van der Waals surface area contributed by atoms with Gasteiger partial charge in [-0.3, -0.25) is 4.79 Å². The highest BCUT2D eigenvalue weighted by Gasteiger charge is 2.14. The molecule has 0 aliphatic carbocycles. The van der Waals surface area contributed by atoms with Crippen molar-refractivity contribution in [3.05, 3.63) is 64.1 Å². The third kappa shape index (κ3) is 3.39. The Morgan fingerprint density at radius 2 is 2.04 bits per heavy atom.